The molecule has 0 amide bonds. The number of hydrogen-bond acceptors (Lipinski definition) is 2. The lowest BCUT2D eigenvalue weighted by atomic mass is 9.84. The maximum atomic E-state index is 14.3. The first-order valence-electron chi connectivity index (χ1n) is 11.3. The molecule has 3 heteroatoms. The van der Waals surface area contributed by atoms with Crippen molar-refractivity contribution in [3.63, 3.8) is 0 Å². The molecule has 0 fully saturated rings. The SMILES string of the molecule is COc1c(CC(C)c2cccc(CC(C)c3ccccc3F)c2C#N)cccc1C(C)C. The van der Waals surface area contributed by atoms with Gasteiger partial charge in [-0.2, -0.15) is 5.26 Å². The molecule has 0 bridgehead atoms. The first-order valence-corrected chi connectivity index (χ1v) is 11.3. The second-order valence-electron chi connectivity index (χ2n) is 8.92. The number of halogens is 1. The van der Waals surface area contributed by atoms with E-state index in [9.17, 15) is 9.65 Å². The third-order valence-electron chi connectivity index (χ3n) is 6.27. The molecule has 2 nitrogen and oxygen atoms in total. The lowest BCUT2D eigenvalue weighted by Crippen LogP contribution is -2.08. The van der Waals surface area contributed by atoms with Gasteiger partial charge in [0.15, 0.2) is 0 Å². The molecule has 166 valence electrons. The van der Waals surface area contributed by atoms with Crippen LogP contribution < -0.4 is 4.74 Å². The molecule has 0 heterocycles. The molecule has 3 rings (SSSR count). The van der Waals surface area contributed by atoms with Crippen molar-refractivity contribution in [2.75, 3.05) is 7.11 Å². The zero-order chi connectivity index (χ0) is 23.3. The highest BCUT2D eigenvalue weighted by Crippen LogP contribution is 2.35. The fourth-order valence-corrected chi connectivity index (χ4v) is 4.56. The Kier molecular flexibility index (Phi) is 7.70. The first kappa shape index (κ1) is 23.5. The number of para-hydroxylation sites is 1. The summed E-state index contributed by atoms with van der Waals surface area (Å²) in [4.78, 5) is 0. The summed E-state index contributed by atoms with van der Waals surface area (Å²) in [7, 11) is 1.72. The van der Waals surface area contributed by atoms with Crippen LogP contribution in [0.2, 0.25) is 0 Å². The van der Waals surface area contributed by atoms with E-state index >= 15 is 0 Å². The van der Waals surface area contributed by atoms with Crippen LogP contribution in [0.3, 0.4) is 0 Å². The van der Waals surface area contributed by atoms with Gasteiger partial charge in [0.1, 0.15) is 11.6 Å². The molecule has 0 radical (unpaired) electrons. The van der Waals surface area contributed by atoms with Crippen molar-refractivity contribution in [1.82, 2.24) is 0 Å². The predicted molar refractivity (Wildman–Crippen MR) is 129 cm³/mol. The standard InChI is InChI=1S/C29H32FNO/c1-19(2)24-13-9-11-23(29(24)32-5)17-20(3)25-14-8-10-22(27(25)18-31)16-21(4)26-12-6-7-15-28(26)30/h6-15,19-21H,16-17H2,1-5H3. The molecule has 0 spiro atoms. The summed E-state index contributed by atoms with van der Waals surface area (Å²) in [5.41, 5.74) is 5.75. The molecular formula is C29H32FNO. The third kappa shape index (κ3) is 5.02. The lowest BCUT2D eigenvalue weighted by molar-refractivity contribution is 0.401. The first-order chi connectivity index (χ1) is 15.4. The Morgan fingerprint density at radius 3 is 1.97 bits per heavy atom. The molecule has 2 unspecified atom stereocenters. The van der Waals surface area contributed by atoms with Crippen LogP contribution in [0.15, 0.2) is 60.7 Å². The fourth-order valence-electron chi connectivity index (χ4n) is 4.56. The topological polar surface area (TPSA) is 33.0 Å². The van der Waals surface area contributed by atoms with E-state index in [4.69, 9.17) is 4.74 Å². The Morgan fingerprint density at radius 1 is 0.781 bits per heavy atom. The zero-order valence-corrected chi connectivity index (χ0v) is 19.7. The van der Waals surface area contributed by atoms with Crippen LogP contribution in [0.25, 0.3) is 0 Å². The van der Waals surface area contributed by atoms with E-state index in [1.54, 1.807) is 13.2 Å². The summed E-state index contributed by atoms with van der Waals surface area (Å²) in [6.45, 7) is 8.50. The summed E-state index contributed by atoms with van der Waals surface area (Å²) >= 11 is 0. The number of rotatable bonds is 8. The van der Waals surface area contributed by atoms with Gasteiger partial charge in [-0.1, -0.05) is 82.3 Å². The number of nitrogens with zero attached hydrogens (tertiary/aromatic N) is 1. The molecule has 3 aromatic carbocycles. The highest BCUT2D eigenvalue weighted by Gasteiger charge is 2.20. The molecule has 0 aliphatic rings. The van der Waals surface area contributed by atoms with E-state index < -0.39 is 0 Å². The van der Waals surface area contributed by atoms with Gasteiger partial charge in [-0.3, -0.25) is 0 Å². The second-order valence-corrected chi connectivity index (χ2v) is 8.92. The maximum Gasteiger partial charge on any atom is 0.126 e. The van der Waals surface area contributed by atoms with Crippen LogP contribution in [-0.2, 0) is 12.8 Å². The van der Waals surface area contributed by atoms with Crippen LogP contribution in [0, 0.1) is 17.1 Å². The summed E-state index contributed by atoms with van der Waals surface area (Å²) < 4.78 is 20.0. The van der Waals surface area contributed by atoms with Crippen molar-refractivity contribution in [1.29, 1.82) is 5.26 Å². The fraction of sp³-hybridized carbons (Fsp3) is 0.345. The Hall–Kier alpha value is -3.12. The average molecular weight is 430 g/mol. The maximum absolute atomic E-state index is 14.3. The second kappa shape index (κ2) is 10.5. The van der Waals surface area contributed by atoms with Gasteiger partial charge in [-0.15, -0.1) is 0 Å². The van der Waals surface area contributed by atoms with Crippen LogP contribution in [0.5, 0.6) is 5.75 Å². The van der Waals surface area contributed by atoms with Gasteiger partial charge in [0, 0.05) is 0 Å². The Labute approximate surface area is 191 Å². The summed E-state index contributed by atoms with van der Waals surface area (Å²) in [5, 5.41) is 10.0. The monoisotopic (exact) mass is 429 g/mol. The summed E-state index contributed by atoms with van der Waals surface area (Å²) in [6.07, 6.45) is 1.40. The molecule has 0 saturated heterocycles. The largest absolute Gasteiger partial charge is 0.496 e. The quantitative estimate of drug-likeness (QED) is 0.371. The van der Waals surface area contributed by atoms with Gasteiger partial charge >= 0.3 is 0 Å². The molecule has 32 heavy (non-hydrogen) atoms. The third-order valence-corrected chi connectivity index (χ3v) is 6.27. The van der Waals surface area contributed by atoms with Gasteiger partial charge < -0.3 is 4.74 Å². The summed E-state index contributed by atoms with van der Waals surface area (Å²) in [5.74, 6) is 1.25. The molecule has 0 aliphatic carbocycles. The Balaban J connectivity index is 1.91. The molecule has 0 N–H and O–H groups in total. The number of hydrogen-bond donors (Lipinski definition) is 0. The van der Waals surface area contributed by atoms with Gasteiger partial charge in [0.2, 0.25) is 0 Å². The Morgan fingerprint density at radius 2 is 1.34 bits per heavy atom. The van der Waals surface area contributed by atoms with Crippen molar-refractivity contribution in [2.45, 2.75) is 58.3 Å². The van der Waals surface area contributed by atoms with E-state index in [0.717, 1.165) is 28.9 Å². The van der Waals surface area contributed by atoms with Crippen molar-refractivity contribution >= 4 is 0 Å². The van der Waals surface area contributed by atoms with Crippen molar-refractivity contribution in [3.8, 4) is 11.8 Å². The van der Waals surface area contributed by atoms with Gasteiger partial charge in [-0.05, 0) is 64.5 Å². The van der Waals surface area contributed by atoms with Crippen LogP contribution in [0.1, 0.15) is 78.8 Å². The smallest absolute Gasteiger partial charge is 0.126 e. The number of methoxy groups -OCH3 is 1. The molecule has 0 aromatic heterocycles. The van der Waals surface area contributed by atoms with Crippen molar-refractivity contribution in [2.24, 2.45) is 0 Å². The minimum atomic E-state index is -0.194. The zero-order valence-electron chi connectivity index (χ0n) is 19.7. The minimum Gasteiger partial charge on any atom is -0.496 e. The molecular weight excluding hydrogens is 397 g/mol. The van der Waals surface area contributed by atoms with E-state index in [-0.39, 0.29) is 17.7 Å². The molecule has 2 atom stereocenters. The Bertz CT molecular complexity index is 1110. The van der Waals surface area contributed by atoms with Crippen molar-refractivity contribution in [3.05, 3.63) is 99.9 Å². The van der Waals surface area contributed by atoms with Gasteiger partial charge in [0.05, 0.1) is 18.7 Å². The average Bonchev–Trinajstić information content (AvgIpc) is 2.78. The normalized spacial score (nSPS) is 12.9. The predicted octanol–water partition coefficient (Wildman–Crippen LogP) is 7.52. The van der Waals surface area contributed by atoms with E-state index in [1.807, 2.05) is 37.3 Å². The van der Waals surface area contributed by atoms with E-state index in [2.05, 4.69) is 45.0 Å². The molecule has 3 aromatic rings. The van der Waals surface area contributed by atoms with Gasteiger partial charge in [0.25, 0.3) is 0 Å². The molecule has 0 saturated carbocycles. The van der Waals surface area contributed by atoms with E-state index in [1.165, 1.54) is 11.6 Å². The number of nitriles is 1. The number of benzene rings is 3. The van der Waals surface area contributed by atoms with Crippen LogP contribution in [-0.4, -0.2) is 7.11 Å². The minimum absolute atomic E-state index is 0.0170. The van der Waals surface area contributed by atoms with Crippen LogP contribution >= 0.6 is 0 Å². The lowest BCUT2D eigenvalue weighted by Gasteiger charge is -2.21. The van der Waals surface area contributed by atoms with Crippen molar-refractivity contribution < 1.29 is 9.13 Å². The van der Waals surface area contributed by atoms with Crippen LogP contribution in [0.4, 0.5) is 4.39 Å². The summed E-state index contributed by atoms with van der Waals surface area (Å²) in [6, 6.07) is 21.7. The highest BCUT2D eigenvalue weighted by molar-refractivity contribution is 5.49. The van der Waals surface area contributed by atoms with Gasteiger partial charge in [-0.25, -0.2) is 4.39 Å². The molecule has 0 aliphatic heterocycles. The van der Waals surface area contributed by atoms with E-state index in [0.29, 0.717) is 23.5 Å². The number of ether oxygens (including phenoxy) is 1. The highest BCUT2D eigenvalue weighted by atomic mass is 19.1.